The maximum atomic E-state index is 6.58. The van der Waals surface area contributed by atoms with Gasteiger partial charge in [0.2, 0.25) is 0 Å². The van der Waals surface area contributed by atoms with Crippen LogP contribution in [0, 0.1) is 55.6 Å². The number of aryl methyl sites for hydroxylation is 3. The van der Waals surface area contributed by atoms with E-state index in [0.29, 0.717) is 34.2 Å². The first-order valence-electron chi connectivity index (χ1n) is 21.1. The van der Waals surface area contributed by atoms with Crippen molar-refractivity contribution in [2.45, 2.75) is 99.3 Å². The van der Waals surface area contributed by atoms with E-state index >= 15 is 0 Å². The third-order valence-corrected chi connectivity index (χ3v) is 14.0. The van der Waals surface area contributed by atoms with Crippen LogP contribution in [0.1, 0.15) is 101 Å². The zero-order chi connectivity index (χ0) is 39.5. The minimum atomic E-state index is 0. The summed E-state index contributed by atoms with van der Waals surface area (Å²) >= 11 is 0. The fraction of sp³-hybridized carbons (Fsp3) is 0.358. The SMILES string of the molecule is Cc1cnc(-n2c3[c-]c(Oc4[c-]c(-c5cc(C6CCC(C)(C7CCC(C)(C)CC7)CC6C)c(C)cn5)ccc4)ccc3c3cc(-c4ccccc4)ccc32)cc1C.[Pt+2]. The van der Waals surface area contributed by atoms with Crippen LogP contribution >= 0.6 is 0 Å². The molecule has 0 N–H and O–H groups in total. The molecule has 2 fully saturated rings. The summed E-state index contributed by atoms with van der Waals surface area (Å²) in [6.45, 7) is 16.5. The van der Waals surface area contributed by atoms with Crippen molar-refractivity contribution in [1.29, 1.82) is 0 Å². The van der Waals surface area contributed by atoms with Crippen molar-refractivity contribution in [3.8, 4) is 39.7 Å². The van der Waals surface area contributed by atoms with Crippen LogP contribution in [0.5, 0.6) is 11.5 Å². The van der Waals surface area contributed by atoms with E-state index in [9.17, 15) is 0 Å². The zero-order valence-electron chi connectivity index (χ0n) is 35.1. The maximum Gasteiger partial charge on any atom is 2.00 e. The van der Waals surface area contributed by atoms with Crippen LogP contribution in [-0.4, -0.2) is 14.5 Å². The number of hydrogen-bond acceptors (Lipinski definition) is 3. The fourth-order valence-electron chi connectivity index (χ4n) is 10.3. The standard InChI is InChI=1S/C53H55N3O.Pt/c1-34-26-51(55-32-36(34)3)56-49-19-16-39(38-12-9-8-10-13-38)28-47(49)45-18-17-43(29-50(45)56)57-42-15-11-14-40(27-42)48-30-46(37(4)33-54-48)44-22-25-53(7,31-35(44)2)41-20-23-52(5,6)24-21-41;/h8-19,26,28,30,32-33,35,41,44H,20-25,31H2,1-7H3;/q-2;+2. The molecule has 3 unspecified atom stereocenters. The van der Waals surface area contributed by atoms with Crippen LogP contribution in [0.25, 0.3) is 50.0 Å². The van der Waals surface area contributed by atoms with Crippen molar-refractivity contribution in [1.82, 2.24) is 14.5 Å². The van der Waals surface area contributed by atoms with Gasteiger partial charge < -0.3 is 14.3 Å². The van der Waals surface area contributed by atoms with Gasteiger partial charge in [0.1, 0.15) is 5.82 Å². The van der Waals surface area contributed by atoms with E-state index in [4.69, 9.17) is 14.7 Å². The molecule has 2 aliphatic rings. The number of aromatic nitrogens is 3. The largest absolute Gasteiger partial charge is 2.00 e. The molecular formula is C53H55N3OPt. The van der Waals surface area contributed by atoms with Crippen molar-refractivity contribution in [2.24, 2.45) is 22.7 Å². The Morgan fingerprint density at radius 2 is 1.45 bits per heavy atom. The first-order chi connectivity index (χ1) is 27.4. The van der Waals surface area contributed by atoms with Crippen LogP contribution < -0.4 is 4.74 Å². The molecule has 4 aromatic carbocycles. The van der Waals surface area contributed by atoms with Gasteiger partial charge >= 0.3 is 21.1 Å². The Morgan fingerprint density at radius 3 is 2.21 bits per heavy atom. The van der Waals surface area contributed by atoms with Gasteiger partial charge in [-0.2, -0.15) is 6.07 Å². The summed E-state index contributed by atoms with van der Waals surface area (Å²) in [5.41, 5.74) is 12.3. The van der Waals surface area contributed by atoms with E-state index in [1.54, 1.807) is 0 Å². The Morgan fingerprint density at radius 1 is 0.690 bits per heavy atom. The second kappa shape index (κ2) is 15.9. The number of hydrogen-bond donors (Lipinski definition) is 0. The molecule has 0 saturated heterocycles. The normalized spacial score (nSPS) is 20.9. The van der Waals surface area contributed by atoms with E-state index in [-0.39, 0.29) is 21.1 Å². The third-order valence-electron chi connectivity index (χ3n) is 14.0. The minimum Gasteiger partial charge on any atom is -0.503 e. The number of ether oxygens (including phenoxy) is 1. The number of rotatable bonds is 7. The van der Waals surface area contributed by atoms with Gasteiger partial charge in [-0.1, -0.05) is 87.8 Å². The molecule has 5 heteroatoms. The van der Waals surface area contributed by atoms with Crippen molar-refractivity contribution in [3.63, 3.8) is 0 Å². The second-order valence-electron chi connectivity index (χ2n) is 18.5. The van der Waals surface area contributed by atoms with Gasteiger partial charge in [0.15, 0.2) is 0 Å². The summed E-state index contributed by atoms with van der Waals surface area (Å²) in [6.07, 6.45) is 13.4. The Bertz CT molecular complexity index is 2600. The van der Waals surface area contributed by atoms with E-state index in [0.717, 1.165) is 44.8 Å². The maximum absolute atomic E-state index is 6.58. The minimum absolute atomic E-state index is 0. The number of pyridine rings is 2. The average molecular weight is 945 g/mol. The molecule has 9 rings (SSSR count). The summed E-state index contributed by atoms with van der Waals surface area (Å²) in [5, 5.41) is 2.25. The van der Waals surface area contributed by atoms with Crippen molar-refractivity contribution >= 4 is 21.8 Å². The Balaban J connectivity index is 0.00000469. The molecular weight excluding hydrogens is 890 g/mol. The van der Waals surface area contributed by atoms with Gasteiger partial charge in [0, 0.05) is 29.4 Å². The quantitative estimate of drug-likeness (QED) is 0.150. The molecule has 0 amide bonds. The molecule has 0 radical (unpaired) electrons. The number of fused-ring (bicyclic) bond motifs is 3. The molecule has 3 heterocycles. The fourth-order valence-corrected chi connectivity index (χ4v) is 10.3. The van der Waals surface area contributed by atoms with E-state index < -0.39 is 0 Å². The average Bonchev–Trinajstić information content (AvgIpc) is 3.52. The molecule has 2 aliphatic carbocycles. The van der Waals surface area contributed by atoms with Crippen molar-refractivity contribution in [2.75, 3.05) is 0 Å². The molecule has 3 atom stereocenters. The Labute approximate surface area is 359 Å². The van der Waals surface area contributed by atoms with Crippen LogP contribution in [-0.2, 0) is 21.1 Å². The number of nitrogens with zero attached hydrogens (tertiary/aromatic N) is 3. The van der Waals surface area contributed by atoms with Crippen LogP contribution in [0.15, 0.2) is 103 Å². The monoisotopic (exact) mass is 944 g/mol. The van der Waals surface area contributed by atoms with Gasteiger partial charge in [-0.3, -0.25) is 0 Å². The van der Waals surface area contributed by atoms with Gasteiger partial charge in [-0.15, -0.1) is 41.3 Å². The Kier molecular flexibility index (Phi) is 11.0. The molecule has 7 aromatic rings. The van der Waals surface area contributed by atoms with Crippen molar-refractivity contribution in [3.05, 3.63) is 138 Å². The molecule has 58 heavy (non-hydrogen) atoms. The smallest absolute Gasteiger partial charge is 0.503 e. The van der Waals surface area contributed by atoms with Crippen molar-refractivity contribution < 1.29 is 25.8 Å². The van der Waals surface area contributed by atoms with Crippen LogP contribution in [0.3, 0.4) is 0 Å². The summed E-state index contributed by atoms with van der Waals surface area (Å²) in [6, 6.07) is 39.2. The van der Waals surface area contributed by atoms with Gasteiger partial charge in [0.05, 0.1) is 0 Å². The predicted octanol–water partition coefficient (Wildman–Crippen LogP) is 14.3. The molecule has 298 valence electrons. The van der Waals surface area contributed by atoms with Crippen LogP contribution in [0.4, 0.5) is 0 Å². The third kappa shape index (κ3) is 7.70. The molecule has 4 nitrogen and oxygen atoms in total. The first-order valence-corrected chi connectivity index (χ1v) is 21.1. The van der Waals surface area contributed by atoms with Gasteiger partial charge in [-0.05, 0) is 151 Å². The first kappa shape index (κ1) is 40.3. The summed E-state index contributed by atoms with van der Waals surface area (Å²) < 4.78 is 8.79. The van der Waals surface area contributed by atoms with E-state index in [1.807, 2.05) is 24.4 Å². The Hall–Kier alpha value is -4.53. The number of benzene rings is 4. The topological polar surface area (TPSA) is 39.9 Å². The van der Waals surface area contributed by atoms with Crippen LogP contribution in [0.2, 0.25) is 0 Å². The van der Waals surface area contributed by atoms with E-state index in [2.05, 4.69) is 144 Å². The molecule has 0 bridgehead atoms. The van der Waals surface area contributed by atoms with E-state index in [1.165, 1.54) is 78.3 Å². The predicted molar refractivity (Wildman–Crippen MR) is 235 cm³/mol. The summed E-state index contributed by atoms with van der Waals surface area (Å²) in [5.74, 6) is 4.17. The molecule has 2 saturated carbocycles. The van der Waals surface area contributed by atoms with Gasteiger partial charge in [-0.25, -0.2) is 4.98 Å². The van der Waals surface area contributed by atoms with Gasteiger partial charge in [0.25, 0.3) is 0 Å². The summed E-state index contributed by atoms with van der Waals surface area (Å²) in [7, 11) is 0. The summed E-state index contributed by atoms with van der Waals surface area (Å²) in [4.78, 5) is 9.84. The second-order valence-corrected chi connectivity index (χ2v) is 18.5. The molecule has 0 spiro atoms. The molecule has 0 aliphatic heterocycles. The molecule has 3 aromatic heterocycles. The zero-order valence-corrected chi connectivity index (χ0v) is 37.3.